The zero-order chi connectivity index (χ0) is 12.3. The lowest BCUT2D eigenvalue weighted by Crippen LogP contribution is -2.46. The van der Waals surface area contributed by atoms with Crippen molar-refractivity contribution in [1.29, 1.82) is 0 Å². The van der Waals surface area contributed by atoms with Crippen LogP contribution >= 0.6 is 0 Å². The molecule has 1 aliphatic rings. The topological polar surface area (TPSA) is 40.6 Å². The Labute approximate surface area is 97.6 Å². The molecular formula is C12H22N2O2. The Hall–Kier alpha value is -1.06. The third-order valence-corrected chi connectivity index (χ3v) is 3.71. The number of nitrogens with zero attached hydrogens (tertiary/aromatic N) is 2. The van der Waals surface area contributed by atoms with Gasteiger partial charge in [0.2, 0.25) is 11.8 Å². The third kappa shape index (κ3) is 2.97. The molecule has 0 spiro atoms. The molecular weight excluding hydrogens is 204 g/mol. The smallest absolute Gasteiger partial charge is 0.219 e. The van der Waals surface area contributed by atoms with E-state index in [9.17, 15) is 9.59 Å². The van der Waals surface area contributed by atoms with Crippen LogP contribution in [0.4, 0.5) is 0 Å². The van der Waals surface area contributed by atoms with Gasteiger partial charge < -0.3 is 9.80 Å². The van der Waals surface area contributed by atoms with Gasteiger partial charge in [-0.3, -0.25) is 9.59 Å². The Morgan fingerprint density at radius 1 is 0.938 bits per heavy atom. The lowest BCUT2D eigenvalue weighted by atomic mass is 9.89. The summed E-state index contributed by atoms with van der Waals surface area (Å²) in [5.41, 5.74) is 0. The number of hydrogen-bond acceptors (Lipinski definition) is 2. The van der Waals surface area contributed by atoms with Crippen molar-refractivity contribution in [2.24, 2.45) is 0 Å². The van der Waals surface area contributed by atoms with Gasteiger partial charge in [0.15, 0.2) is 0 Å². The lowest BCUT2D eigenvalue weighted by molar-refractivity contribution is -0.132. The predicted molar refractivity (Wildman–Crippen MR) is 62.9 cm³/mol. The fourth-order valence-corrected chi connectivity index (χ4v) is 2.36. The van der Waals surface area contributed by atoms with E-state index in [2.05, 4.69) is 0 Å². The highest BCUT2D eigenvalue weighted by Gasteiger charge is 2.29. The van der Waals surface area contributed by atoms with E-state index < -0.39 is 0 Å². The van der Waals surface area contributed by atoms with Crippen LogP contribution in [-0.2, 0) is 9.59 Å². The molecule has 0 aromatic carbocycles. The van der Waals surface area contributed by atoms with Gasteiger partial charge in [-0.05, 0) is 25.7 Å². The first kappa shape index (κ1) is 13.0. The van der Waals surface area contributed by atoms with Gasteiger partial charge in [0.25, 0.3) is 0 Å². The van der Waals surface area contributed by atoms with Gasteiger partial charge >= 0.3 is 0 Å². The molecule has 1 fully saturated rings. The molecule has 0 N–H and O–H groups in total. The van der Waals surface area contributed by atoms with Crippen LogP contribution in [-0.4, -0.2) is 47.8 Å². The summed E-state index contributed by atoms with van der Waals surface area (Å²) in [6.07, 6.45) is 4.10. The largest absolute Gasteiger partial charge is 0.343 e. The molecule has 2 amide bonds. The van der Waals surface area contributed by atoms with Gasteiger partial charge in [0.05, 0.1) is 0 Å². The van der Waals surface area contributed by atoms with Crippen LogP contribution in [0.1, 0.15) is 39.5 Å². The molecule has 1 rings (SSSR count). The minimum atomic E-state index is 0.108. The van der Waals surface area contributed by atoms with Gasteiger partial charge in [-0.25, -0.2) is 0 Å². The van der Waals surface area contributed by atoms with Gasteiger partial charge in [-0.2, -0.15) is 0 Å². The minimum Gasteiger partial charge on any atom is -0.343 e. The molecule has 1 saturated carbocycles. The SMILES string of the molecule is CC(=O)N(C)C1CCCC(N(C)C(C)=O)C1. The highest BCUT2D eigenvalue weighted by atomic mass is 16.2. The molecule has 1 aliphatic carbocycles. The summed E-state index contributed by atoms with van der Waals surface area (Å²) in [5.74, 6) is 0.215. The van der Waals surface area contributed by atoms with E-state index in [-0.39, 0.29) is 23.9 Å². The third-order valence-electron chi connectivity index (χ3n) is 3.71. The van der Waals surface area contributed by atoms with Crippen LogP contribution in [0, 0.1) is 0 Å². The molecule has 0 radical (unpaired) electrons. The zero-order valence-electron chi connectivity index (χ0n) is 10.7. The van der Waals surface area contributed by atoms with E-state index in [1.54, 1.807) is 23.6 Å². The highest BCUT2D eigenvalue weighted by molar-refractivity contribution is 5.74. The first-order chi connectivity index (χ1) is 7.43. The van der Waals surface area contributed by atoms with E-state index in [0.29, 0.717) is 0 Å². The van der Waals surface area contributed by atoms with Crippen LogP contribution in [0.2, 0.25) is 0 Å². The molecule has 0 bridgehead atoms. The van der Waals surface area contributed by atoms with Gasteiger partial charge in [-0.1, -0.05) is 0 Å². The summed E-state index contributed by atoms with van der Waals surface area (Å²) in [4.78, 5) is 26.2. The van der Waals surface area contributed by atoms with Crippen LogP contribution in [0.5, 0.6) is 0 Å². The molecule has 0 aromatic heterocycles. The molecule has 0 saturated heterocycles. The van der Waals surface area contributed by atoms with Gasteiger partial charge in [0.1, 0.15) is 0 Å². The fraction of sp³-hybridized carbons (Fsp3) is 0.833. The monoisotopic (exact) mass is 226 g/mol. The summed E-state index contributed by atoms with van der Waals surface area (Å²) >= 11 is 0. The lowest BCUT2D eigenvalue weighted by Gasteiger charge is -2.38. The number of amides is 2. The normalized spacial score (nSPS) is 25.0. The summed E-state index contributed by atoms with van der Waals surface area (Å²) in [6.45, 7) is 3.19. The second kappa shape index (κ2) is 5.32. The molecule has 4 heteroatoms. The van der Waals surface area contributed by atoms with Gasteiger partial charge in [0, 0.05) is 40.0 Å². The number of hydrogen-bond donors (Lipinski definition) is 0. The predicted octanol–water partition coefficient (Wildman–Crippen LogP) is 1.25. The van der Waals surface area contributed by atoms with Crippen LogP contribution in [0.3, 0.4) is 0 Å². The summed E-state index contributed by atoms with van der Waals surface area (Å²) in [7, 11) is 3.70. The molecule has 2 atom stereocenters. The Balaban J connectivity index is 2.60. The fourth-order valence-electron chi connectivity index (χ4n) is 2.36. The average molecular weight is 226 g/mol. The van der Waals surface area contributed by atoms with Crippen molar-refractivity contribution >= 4 is 11.8 Å². The van der Waals surface area contributed by atoms with Crippen LogP contribution < -0.4 is 0 Å². The van der Waals surface area contributed by atoms with E-state index in [1.807, 2.05) is 14.1 Å². The number of rotatable bonds is 2. The molecule has 0 aliphatic heterocycles. The standard InChI is InChI=1S/C12H22N2O2/c1-9(15)13(3)11-6-5-7-12(8-11)14(4)10(2)16/h11-12H,5-8H2,1-4H3. The second-order valence-corrected chi connectivity index (χ2v) is 4.73. The first-order valence-electron chi connectivity index (χ1n) is 5.90. The van der Waals surface area contributed by atoms with Crippen molar-refractivity contribution in [1.82, 2.24) is 9.80 Å². The quantitative estimate of drug-likeness (QED) is 0.711. The Kier molecular flexibility index (Phi) is 4.33. The zero-order valence-corrected chi connectivity index (χ0v) is 10.7. The van der Waals surface area contributed by atoms with Crippen molar-refractivity contribution in [3.8, 4) is 0 Å². The maximum atomic E-state index is 11.3. The van der Waals surface area contributed by atoms with E-state index in [0.717, 1.165) is 25.7 Å². The summed E-state index contributed by atoms with van der Waals surface area (Å²) < 4.78 is 0. The van der Waals surface area contributed by atoms with Crippen LogP contribution in [0.25, 0.3) is 0 Å². The van der Waals surface area contributed by atoms with Crippen LogP contribution in [0.15, 0.2) is 0 Å². The van der Waals surface area contributed by atoms with Crippen molar-refractivity contribution in [2.75, 3.05) is 14.1 Å². The van der Waals surface area contributed by atoms with Crippen molar-refractivity contribution in [2.45, 2.75) is 51.6 Å². The van der Waals surface area contributed by atoms with E-state index in [4.69, 9.17) is 0 Å². The molecule has 0 aromatic rings. The molecule has 16 heavy (non-hydrogen) atoms. The van der Waals surface area contributed by atoms with E-state index in [1.165, 1.54) is 0 Å². The average Bonchev–Trinajstić information content (AvgIpc) is 2.26. The van der Waals surface area contributed by atoms with Crippen molar-refractivity contribution < 1.29 is 9.59 Å². The maximum absolute atomic E-state index is 11.3. The second-order valence-electron chi connectivity index (χ2n) is 4.73. The molecule has 4 nitrogen and oxygen atoms in total. The highest BCUT2D eigenvalue weighted by Crippen LogP contribution is 2.25. The maximum Gasteiger partial charge on any atom is 0.219 e. The summed E-state index contributed by atoms with van der Waals surface area (Å²) in [6, 6.07) is 0.580. The van der Waals surface area contributed by atoms with E-state index >= 15 is 0 Å². The number of carbonyl (C=O) groups excluding carboxylic acids is 2. The Bertz CT molecular complexity index is 252. The Morgan fingerprint density at radius 3 is 1.62 bits per heavy atom. The molecule has 2 unspecified atom stereocenters. The van der Waals surface area contributed by atoms with Crippen molar-refractivity contribution in [3.05, 3.63) is 0 Å². The first-order valence-corrected chi connectivity index (χ1v) is 5.90. The molecule has 92 valence electrons. The Morgan fingerprint density at radius 2 is 1.31 bits per heavy atom. The molecule has 0 heterocycles. The minimum absolute atomic E-state index is 0.108. The van der Waals surface area contributed by atoms with Crippen molar-refractivity contribution in [3.63, 3.8) is 0 Å². The number of carbonyl (C=O) groups is 2. The van der Waals surface area contributed by atoms with Gasteiger partial charge in [-0.15, -0.1) is 0 Å². The summed E-state index contributed by atoms with van der Waals surface area (Å²) in [5, 5.41) is 0.